The quantitative estimate of drug-likeness (QED) is 0.683. The number of hydrogen-bond donors (Lipinski definition) is 1. The molecule has 0 aliphatic rings. The Morgan fingerprint density at radius 3 is 2.83 bits per heavy atom. The molecule has 0 aliphatic carbocycles. The molecule has 0 bridgehead atoms. The maximum absolute atomic E-state index is 4.17. The number of hydrogen-bond acceptors (Lipinski definition) is 2. The van der Waals surface area contributed by atoms with E-state index >= 15 is 0 Å². The van der Waals surface area contributed by atoms with E-state index in [9.17, 15) is 0 Å². The van der Waals surface area contributed by atoms with Crippen molar-refractivity contribution in [3.63, 3.8) is 0 Å². The third kappa shape index (κ3) is 2.08. The Bertz CT molecular complexity index is 240. The van der Waals surface area contributed by atoms with Crippen LogP contribution in [-0.4, -0.2) is 16.3 Å². The van der Waals surface area contributed by atoms with Gasteiger partial charge in [-0.2, -0.15) is 5.10 Å². The number of aromatic nitrogens is 2. The second kappa shape index (κ2) is 4.26. The SMILES string of the molecule is CCCNCc1cnn(C)c1C. The van der Waals surface area contributed by atoms with Crippen molar-refractivity contribution in [1.82, 2.24) is 15.1 Å². The van der Waals surface area contributed by atoms with Crippen molar-refractivity contribution in [1.29, 1.82) is 0 Å². The molecule has 0 unspecified atom stereocenters. The molecule has 0 saturated heterocycles. The van der Waals surface area contributed by atoms with Crippen LogP contribution in [0.4, 0.5) is 0 Å². The minimum absolute atomic E-state index is 0.938. The van der Waals surface area contributed by atoms with Crippen molar-refractivity contribution in [2.45, 2.75) is 26.8 Å². The average molecular weight is 167 g/mol. The summed E-state index contributed by atoms with van der Waals surface area (Å²) in [6.07, 6.45) is 3.11. The highest BCUT2D eigenvalue weighted by molar-refractivity contribution is 5.15. The van der Waals surface area contributed by atoms with Crippen molar-refractivity contribution in [3.8, 4) is 0 Å². The number of nitrogens with one attached hydrogen (secondary N) is 1. The van der Waals surface area contributed by atoms with Crippen molar-refractivity contribution < 1.29 is 0 Å². The van der Waals surface area contributed by atoms with Gasteiger partial charge < -0.3 is 5.32 Å². The van der Waals surface area contributed by atoms with Crippen molar-refractivity contribution in [3.05, 3.63) is 17.5 Å². The fourth-order valence-electron chi connectivity index (χ4n) is 1.12. The van der Waals surface area contributed by atoms with Gasteiger partial charge >= 0.3 is 0 Å². The monoisotopic (exact) mass is 167 g/mol. The summed E-state index contributed by atoms with van der Waals surface area (Å²) in [5.74, 6) is 0. The Morgan fingerprint density at radius 1 is 1.58 bits per heavy atom. The van der Waals surface area contributed by atoms with E-state index < -0.39 is 0 Å². The summed E-state index contributed by atoms with van der Waals surface area (Å²) in [7, 11) is 1.97. The second-order valence-electron chi connectivity index (χ2n) is 3.06. The van der Waals surface area contributed by atoms with E-state index in [-0.39, 0.29) is 0 Å². The summed E-state index contributed by atoms with van der Waals surface area (Å²) >= 11 is 0. The molecule has 0 aromatic carbocycles. The lowest BCUT2D eigenvalue weighted by atomic mass is 10.2. The van der Waals surface area contributed by atoms with Crippen LogP contribution in [0.5, 0.6) is 0 Å². The van der Waals surface area contributed by atoms with Gasteiger partial charge in [0, 0.05) is 24.8 Å². The van der Waals surface area contributed by atoms with Crippen LogP contribution in [0.2, 0.25) is 0 Å². The molecule has 0 spiro atoms. The van der Waals surface area contributed by atoms with Gasteiger partial charge in [0.05, 0.1) is 6.20 Å². The number of aryl methyl sites for hydroxylation is 1. The molecule has 1 rings (SSSR count). The molecule has 3 nitrogen and oxygen atoms in total. The fraction of sp³-hybridized carbons (Fsp3) is 0.667. The van der Waals surface area contributed by atoms with E-state index in [0.717, 1.165) is 13.1 Å². The summed E-state index contributed by atoms with van der Waals surface area (Å²) in [6.45, 7) is 6.28. The highest BCUT2D eigenvalue weighted by Crippen LogP contribution is 2.04. The first-order chi connectivity index (χ1) is 5.75. The van der Waals surface area contributed by atoms with Crippen LogP contribution in [0.3, 0.4) is 0 Å². The predicted molar refractivity (Wildman–Crippen MR) is 49.9 cm³/mol. The van der Waals surface area contributed by atoms with Gasteiger partial charge in [-0.3, -0.25) is 4.68 Å². The molecule has 0 fully saturated rings. The first kappa shape index (κ1) is 9.26. The molecule has 0 amide bonds. The highest BCUT2D eigenvalue weighted by atomic mass is 15.3. The van der Waals surface area contributed by atoms with Crippen molar-refractivity contribution in [2.24, 2.45) is 7.05 Å². The van der Waals surface area contributed by atoms with Crippen LogP contribution in [0.1, 0.15) is 24.6 Å². The van der Waals surface area contributed by atoms with Crippen LogP contribution in [0.25, 0.3) is 0 Å². The molecule has 3 heteroatoms. The Labute approximate surface area is 73.8 Å². The van der Waals surface area contributed by atoms with Crippen LogP contribution < -0.4 is 5.32 Å². The summed E-state index contributed by atoms with van der Waals surface area (Å²) in [4.78, 5) is 0. The Balaban J connectivity index is 2.46. The van der Waals surface area contributed by atoms with E-state index in [0.29, 0.717) is 0 Å². The van der Waals surface area contributed by atoms with Crippen LogP contribution >= 0.6 is 0 Å². The highest BCUT2D eigenvalue weighted by Gasteiger charge is 2.01. The van der Waals surface area contributed by atoms with Gasteiger partial charge in [-0.15, -0.1) is 0 Å². The molecule has 0 aliphatic heterocycles. The maximum atomic E-state index is 4.17. The minimum atomic E-state index is 0.938. The topological polar surface area (TPSA) is 29.9 Å². The lowest BCUT2D eigenvalue weighted by Gasteiger charge is -2.01. The largest absolute Gasteiger partial charge is 0.313 e. The molecule has 0 atom stereocenters. The molecule has 12 heavy (non-hydrogen) atoms. The zero-order valence-electron chi connectivity index (χ0n) is 8.09. The van der Waals surface area contributed by atoms with E-state index in [4.69, 9.17) is 0 Å². The Hall–Kier alpha value is -0.830. The van der Waals surface area contributed by atoms with Crippen LogP contribution in [-0.2, 0) is 13.6 Å². The minimum Gasteiger partial charge on any atom is -0.313 e. The number of rotatable bonds is 4. The van der Waals surface area contributed by atoms with Crippen LogP contribution in [0, 0.1) is 6.92 Å². The Morgan fingerprint density at radius 2 is 2.33 bits per heavy atom. The van der Waals surface area contributed by atoms with Gasteiger partial charge in [-0.1, -0.05) is 6.92 Å². The van der Waals surface area contributed by atoms with Gasteiger partial charge in [0.2, 0.25) is 0 Å². The van der Waals surface area contributed by atoms with E-state index in [1.54, 1.807) is 0 Å². The predicted octanol–water partition coefficient (Wildman–Crippen LogP) is 1.23. The zero-order chi connectivity index (χ0) is 8.97. The van der Waals surface area contributed by atoms with Gasteiger partial charge in [-0.25, -0.2) is 0 Å². The van der Waals surface area contributed by atoms with Crippen molar-refractivity contribution >= 4 is 0 Å². The zero-order valence-corrected chi connectivity index (χ0v) is 8.09. The summed E-state index contributed by atoms with van der Waals surface area (Å²) in [5.41, 5.74) is 2.55. The molecule has 68 valence electrons. The molecule has 1 N–H and O–H groups in total. The Kier molecular flexibility index (Phi) is 3.29. The summed E-state index contributed by atoms with van der Waals surface area (Å²) in [6, 6.07) is 0. The average Bonchev–Trinajstić information content (AvgIpc) is 2.36. The van der Waals surface area contributed by atoms with Gasteiger partial charge in [-0.05, 0) is 19.9 Å². The van der Waals surface area contributed by atoms with E-state index in [2.05, 4.69) is 24.3 Å². The third-order valence-electron chi connectivity index (χ3n) is 2.08. The smallest absolute Gasteiger partial charge is 0.0537 e. The fourth-order valence-corrected chi connectivity index (χ4v) is 1.12. The summed E-state index contributed by atoms with van der Waals surface area (Å²) < 4.78 is 1.91. The molecule has 1 heterocycles. The maximum Gasteiger partial charge on any atom is 0.0537 e. The normalized spacial score (nSPS) is 10.6. The first-order valence-corrected chi connectivity index (χ1v) is 4.44. The second-order valence-corrected chi connectivity index (χ2v) is 3.06. The van der Waals surface area contributed by atoms with E-state index in [1.165, 1.54) is 17.7 Å². The molecular weight excluding hydrogens is 150 g/mol. The molecule has 0 saturated carbocycles. The van der Waals surface area contributed by atoms with Gasteiger partial charge in [0.25, 0.3) is 0 Å². The first-order valence-electron chi connectivity index (χ1n) is 4.44. The lowest BCUT2D eigenvalue weighted by molar-refractivity contribution is 0.669. The number of nitrogens with zero attached hydrogens (tertiary/aromatic N) is 2. The third-order valence-corrected chi connectivity index (χ3v) is 2.08. The van der Waals surface area contributed by atoms with Gasteiger partial charge in [0.15, 0.2) is 0 Å². The molecular formula is C9H17N3. The standard InChI is InChI=1S/C9H17N3/c1-4-5-10-6-9-7-11-12(3)8(9)2/h7,10H,4-6H2,1-3H3. The lowest BCUT2D eigenvalue weighted by Crippen LogP contribution is -2.14. The summed E-state index contributed by atoms with van der Waals surface area (Å²) in [5, 5.41) is 7.52. The molecule has 0 radical (unpaired) electrons. The van der Waals surface area contributed by atoms with Crippen molar-refractivity contribution in [2.75, 3.05) is 6.54 Å². The van der Waals surface area contributed by atoms with Gasteiger partial charge in [0.1, 0.15) is 0 Å². The molecule has 1 aromatic rings. The molecule has 1 aromatic heterocycles. The van der Waals surface area contributed by atoms with E-state index in [1.807, 2.05) is 17.9 Å². The van der Waals surface area contributed by atoms with Crippen LogP contribution in [0.15, 0.2) is 6.20 Å².